The molecule has 6 heteroatoms. The zero-order chi connectivity index (χ0) is 13.7. The quantitative estimate of drug-likeness (QED) is 0.767. The lowest BCUT2D eigenvalue weighted by atomic mass is 10.0. The molecule has 0 unspecified atom stereocenters. The standard InChI is InChI=1S/C12H14O6/c1-3-18-11(14)5-7-4-10(17-2)9(13)6-8(7)12(15)16/h4,6,13H,3,5H2,1-2H3,(H,15,16). The predicted octanol–water partition coefficient (Wildman–Crippen LogP) is 1.20. The van der Waals surface area contributed by atoms with Gasteiger partial charge in [0.05, 0.1) is 25.7 Å². The molecule has 0 bridgehead atoms. The smallest absolute Gasteiger partial charge is 0.336 e. The average Bonchev–Trinajstić information content (AvgIpc) is 2.30. The zero-order valence-electron chi connectivity index (χ0n) is 10.1. The molecular weight excluding hydrogens is 240 g/mol. The van der Waals surface area contributed by atoms with Crippen molar-refractivity contribution in [2.24, 2.45) is 0 Å². The highest BCUT2D eigenvalue weighted by atomic mass is 16.5. The van der Waals surface area contributed by atoms with E-state index in [-0.39, 0.29) is 35.7 Å². The Morgan fingerprint density at radius 1 is 1.33 bits per heavy atom. The molecule has 0 spiro atoms. The van der Waals surface area contributed by atoms with Gasteiger partial charge in [-0.1, -0.05) is 0 Å². The number of hydrogen-bond acceptors (Lipinski definition) is 5. The first-order chi connectivity index (χ1) is 8.49. The summed E-state index contributed by atoms with van der Waals surface area (Å²) in [4.78, 5) is 22.4. The predicted molar refractivity (Wildman–Crippen MR) is 62.0 cm³/mol. The second-order valence-electron chi connectivity index (χ2n) is 3.47. The van der Waals surface area contributed by atoms with Crippen LogP contribution >= 0.6 is 0 Å². The van der Waals surface area contributed by atoms with Crippen molar-refractivity contribution < 1.29 is 29.3 Å². The molecule has 6 nitrogen and oxygen atoms in total. The number of benzene rings is 1. The second kappa shape index (κ2) is 5.90. The van der Waals surface area contributed by atoms with Gasteiger partial charge < -0.3 is 19.7 Å². The van der Waals surface area contributed by atoms with E-state index in [1.807, 2.05) is 0 Å². The number of ether oxygens (including phenoxy) is 2. The summed E-state index contributed by atoms with van der Waals surface area (Å²) in [7, 11) is 1.34. The van der Waals surface area contributed by atoms with E-state index < -0.39 is 11.9 Å². The van der Waals surface area contributed by atoms with Gasteiger partial charge in [-0.25, -0.2) is 4.79 Å². The maximum absolute atomic E-state index is 11.4. The summed E-state index contributed by atoms with van der Waals surface area (Å²) >= 11 is 0. The highest BCUT2D eigenvalue weighted by Crippen LogP contribution is 2.29. The van der Waals surface area contributed by atoms with E-state index in [0.29, 0.717) is 0 Å². The van der Waals surface area contributed by atoms with Crippen LogP contribution in [0.15, 0.2) is 12.1 Å². The maximum atomic E-state index is 11.4. The molecule has 1 rings (SSSR count). The van der Waals surface area contributed by atoms with E-state index in [4.69, 9.17) is 14.6 Å². The van der Waals surface area contributed by atoms with Gasteiger partial charge in [0, 0.05) is 0 Å². The number of rotatable bonds is 5. The lowest BCUT2D eigenvalue weighted by Gasteiger charge is -2.10. The summed E-state index contributed by atoms with van der Waals surface area (Å²) in [6, 6.07) is 2.37. The fourth-order valence-electron chi connectivity index (χ4n) is 1.49. The first-order valence-corrected chi connectivity index (χ1v) is 5.28. The third-order valence-corrected chi connectivity index (χ3v) is 2.28. The Labute approximate surface area is 104 Å². The van der Waals surface area contributed by atoms with Crippen molar-refractivity contribution in [3.63, 3.8) is 0 Å². The molecule has 18 heavy (non-hydrogen) atoms. The molecule has 0 heterocycles. The number of aromatic carboxylic acids is 1. The van der Waals surface area contributed by atoms with E-state index in [2.05, 4.69) is 0 Å². The molecule has 0 atom stereocenters. The van der Waals surface area contributed by atoms with Crippen LogP contribution in [0.3, 0.4) is 0 Å². The van der Waals surface area contributed by atoms with Gasteiger partial charge in [-0.2, -0.15) is 0 Å². The molecule has 98 valence electrons. The van der Waals surface area contributed by atoms with Crippen LogP contribution in [0.25, 0.3) is 0 Å². The van der Waals surface area contributed by atoms with E-state index in [1.165, 1.54) is 13.2 Å². The summed E-state index contributed by atoms with van der Waals surface area (Å²) in [6.07, 6.45) is -0.188. The number of aromatic hydroxyl groups is 1. The van der Waals surface area contributed by atoms with Gasteiger partial charge in [0.1, 0.15) is 0 Å². The molecule has 0 aliphatic rings. The minimum absolute atomic E-state index is 0.110. The molecule has 1 aromatic rings. The summed E-state index contributed by atoms with van der Waals surface area (Å²) in [6.45, 7) is 1.88. The van der Waals surface area contributed by atoms with Crippen LogP contribution in [-0.2, 0) is 16.0 Å². The molecule has 1 aromatic carbocycles. The molecule has 0 aliphatic heterocycles. The number of carboxylic acids is 1. The molecule has 0 saturated carbocycles. The van der Waals surface area contributed by atoms with E-state index in [1.54, 1.807) is 6.92 Å². The molecule has 0 aromatic heterocycles. The van der Waals surface area contributed by atoms with E-state index in [0.717, 1.165) is 6.07 Å². The third-order valence-electron chi connectivity index (χ3n) is 2.28. The van der Waals surface area contributed by atoms with E-state index in [9.17, 15) is 14.7 Å². The van der Waals surface area contributed by atoms with Gasteiger partial charge in [0.15, 0.2) is 11.5 Å². The highest BCUT2D eigenvalue weighted by molar-refractivity contribution is 5.92. The van der Waals surface area contributed by atoms with Crippen molar-refractivity contribution in [3.05, 3.63) is 23.3 Å². The number of carboxylic acid groups (broad SMARTS) is 1. The van der Waals surface area contributed by atoms with Crippen molar-refractivity contribution in [2.75, 3.05) is 13.7 Å². The van der Waals surface area contributed by atoms with Crippen molar-refractivity contribution in [3.8, 4) is 11.5 Å². The Bertz CT molecular complexity index is 466. The molecule has 0 radical (unpaired) electrons. The minimum Gasteiger partial charge on any atom is -0.504 e. The normalized spacial score (nSPS) is 9.89. The topological polar surface area (TPSA) is 93.1 Å². The minimum atomic E-state index is -1.23. The molecule has 0 aliphatic carbocycles. The summed E-state index contributed by atoms with van der Waals surface area (Å²) in [5, 5.41) is 18.5. The first-order valence-electron chi connectivity index (χ1n) is 5.28. The fraction of sp³-hybridized carbons (Fsp3) is 0.333. The number of methoxy groups -OCH3 is 1. The molecule has 0 amide bonds. The van der Waals surface area contributed by atoms with Gasteiger partial charge in [-0.3, -0.25) is 4.79 Å². The number of phenols is 1. The Balaban J connectivity index is 3.14. The van der Waals surface area contributed by atoms with Crippen molar-refractivity contribution >= 4 is 11.9 Å². The molecular formula is C12H14O6. The van der Waals surface area contributed by atoms with Crippen LogP contribution in [0.5, 0.6) is 11.5 Å². The van der Waals surface area contributed by atoms with Gasteiger partial charge in [-0.15, -0.1) is 0 Å². The van der Waals surface area contributed by atoms with Crippen LogP contribution in [0, 0.1) is 0 Å². The number of esters is 1. The summed E-state index contributed by atoms with van der Waals surface area (Å²) < 4.78 is 9.62. The molecule has 0 fully saturated rings. The molecule has 2 N–H and O–H groups in total. The van der Waals surface area contributed by atoms with Gasteiger partial charge >= 0.3 is 11.9 Å². The summed E-state index contributed by atoms with van der Waals surface area (Å²) in [5.74, 6) is -1.94. The Kier molecular flexibility index (Phi) is 4.53. The Hall–Kier alpha value is -2.24. The lowest BCUT2D eigenvalue weighted by Crippen LogP contribution is -2.11. The van der Waals surface area contributed by atoms with Crippen LogP contribution in [0.2, 0.25) is 0 Å². The van der Waals surface area contributed by atoms with Crippen LogP contribution in [0.4, 0.5) is 0 Å². The number of carbonyl (C=O) groups is 2. The summed E-state index contributed by atoms with van der Waals surface area (Å²) in [5.41, 5.74) is 0.0805. The molecule has 0 saturated heterocycles. The van der Waals surface area contributed by atoms with Crippen molar-refractivity contribution in [1.29, 1.82) is 0 Å². The Morgan fingerprint density at radius 3 is 2.50 bits per heavy atom. The number of hydrogen-bond donors (Lipinski definition) is 2. The van der Waals surface area contributed by atoms with Gasteiger partial charge in [-0.05, 0) is 24.6 Å². The third kappa shape index (κ3) is 3.13. The monoisotopic (exact) mass is 254 g/mol. The van der Waals surface area contributed by atoms with Crippen molar-refractivity contribution in [2.45, 2.75) is 13.3 Å². The average molecular weight is 254 g/mol. The van der Waals surface area contributed by atoms with Crippen molar-refractivity contribution in [1.82, 2.24) is 0 Å². The van der Waals surface area contributed by atoms with Gasteiger partial charge in [0.25, 0.3) is 0 Å². The fourth-order valence-corrected chi connectivity index (χ4v) is 1.49. The van der Waals surface area contributed by atoms with Crippen LogP contribution in [0.1, 0.15) is 22.8 Å². The Morgan fingerprint density at radius 2 is 2.00 bits per heavy atom. The number of phenolic OH excluding ortho intramolecular Hbond substituents is 1. The number of carbonyl (C=O) groups excluding carboxylic acids is 1. The van der Waals surface area contributed by atoms with Crippen LogP contribution < -0.4 is 4.74 Å². The van der Waals surface area contributed by atoms with E-state index >= 15 is 0 Å². The largest absolute Gasteiger partial charge is 0.504 e. The second-order valence-corrected chi connectivity index (χ2v) is 3.47. The van der Waals surface area contributed by atoms with Crippen LogP contribution in [-0.4, -0.2) is 35.9 Å². The lowest BCUT2D eigenvalue weighted by molar-refractivity contribution is -0.142. The SMILES string of the molecule is CCOC(=O)Cc1cc(OC)c(O)cc1C(=O)O. The first kappa shape index (κ1) is 13.8. The maximum Gasteiger partial charge on any atom is 0.336 e. The zero-order valence-corrected chi connectivity index (χ0v) is 10.1. The van der Waals surface area contributed by atoms with Gasteiger partial charge in [0.2, 0.25) is 0 Å². The highest BCUT2D eigenvalue weighted by Gasteiger charge is 2.17.